The molecule has 0 aromatic rings. The summed E-state index contributed by atoms with van der Waals surface area (Å²) in [6.45, 7) is 4.18. The molecule has 0 bridgehead atoms. The van der Waals surface area contributed by atoms with E-state index < -0.39 is 5.54 Å². The number of hydrogen-bond acceptors (Lipinski definition) is 3. The fraction of sp³-hybridized carbons (Fsp3) is 0.875. The first kappa shape index (κ1) is 8.51. The van der Waals surface area contributed by atoms with Gasteiger partial charge in [-0.25, -0.2) is 0 Å². The summed E-state index contributed by atoms with van der Waals surface area (Å²) in [5.74, 6) is 0. The van der Waals surface area contributed by atoms with Crippen molar-refractivity contribution >= 4 is 0 Å². The van der Waals surface area contributed by atoms with E-state index in [2.05, 4.69) is 11.4 Å². The van der Waals surface area contributed by atoms with Crippen LogP contribution in [0.15, 0.2) is 0 Å². The molecule has 0 radical (unpaired) electrons. The van der Waals surface area contributed by atoms with Gasteiger partial charge in [0.05, 0.1) is 12.7 Å². The van der Waals surface area contributed by atoms with Crippen molar-refractivity contribution in [2.45, 2.75) is 25.3 Å². The zero-order valence-corrected chi connectivity index (χ0v) is 6.89. The molecule has 0 saturated carbocycles. The molecule has 11 heavy (non-hydrogen) atoms. The number of nitrogens with zero attached hydrogens (tertiary/aromatic N) is 1. The number of ether oxygens (including phenoxy) is 1. The third-order valence-electron chi connectivity index (χ3n) is 1.97. The highest BCUT2D eigenvalue weighted by atomic mass is 16.5. The summed E-state index contributed by atoms with van der Waals surface area (Å²) in [4.78, 5) is 0. The topological polar surface area (TPSA) is 45.0 Å². The van der Waals surface area contributed by atoms with Crippen LogP contribution in [0.25, 0.3) is 0 Å². The van der Waals surface area contributed by atoms with Crippen molar-refractivity contribution in [1.82, 2.24) is 5.32 Å². The smallest absolute Gasteiger partial charge is 0.130 e. The first-order chi connectivity index (χ1) is 5.33. The lowest BCUT2D eigenvalue weighted by Crippen LogP contribution is -2.50. The van der Waals surface area contributed by atoms with Gasteiger partial charge in [0.1, 0.15) is 5.54 Å². The fourth-order valence-electron chi connectivity index (χ4n) is 1.40. The van der Waals surface area contributed by atoms with Gasteiger partial charge in [0.2, 0.25) is 0 Å². The second-order valence-electron chi connectivity index (χ2n) is 2.88. The zero-order chi connectivity index (χ0) is 8.16. The van der Waals surface area contributed by atoms with Crippen molar-refractivity contribution in [3.8, 4) is 6.07 Å². The molecule has 0 spiro atoms. The van der Waals surface area contributed by atoms with Crippen molar-refractivity contribution in [3.63, 3.8) is 0 Å². The summed E-state index contributed by atoms with van der Waals surface area (Å²) < 4.78 is 5.24. The normalized spacial score (nSPS) is 31.3. The minimum absolute atomic E-state index is 0.396. The highest BCUT2D eigenvalue weighted by Gasteiger charge is 2.31. The summed E-state index contributed by atoms with van der Waals surface area (Å²) in [7, 11) is 0. The maximum Gasteiger partial charge on any atom is 0.130 e. The van der Waals surface area contributed by atoms with Crippen molar-refractivity contribution in [2.75, 3.05) is 19.8 Å². The van der Waals surface area contributed by atoms with Gasteiger partial charge in [-0.05, 0) is 19.4 Å². The van der Waals surface area contributed by atoms with E-state index in [1.165, 1.54) is 0 Å². The first-order valence-corrected chi connectivity index (χ1v) is 4.07. The third kappa shape index (κ3) is 1.92. The number of nitriles is 1. The zero-order valence-electron chi connectivity index (χ0n) is 6.89. The van der Waals surface area contributed by atoms with E-state index in [0.29, 0.717) is 6.61 Å². The molecule has 1 heterocycles. The lowest BCUT2D eigenvalue weighted by atomic mass is 9.94. The number of hydrogen-bond donors (Lipinski definition) is 1. The van der Waals surface area contributed by atoms with E-state index >= 15 is 0 Å². The van der Waals surface area contributed by atoms with Gasteiger partial charge in [-0.15, -0.1) is 0 Å². The van der Waals surface area contributed by atoms with Crippen LogP contribution < -0.4 is 5.32 Å². The molecule has 1 saturated heterocycles. The number of nitrogens with one attached hydrogen (secondary N) is 1. The minimum Gasteiger partial charge on any atom is -0.378 e. The Labute approximate surface area is 67.3 Å². The Balaban J connectivity index is 2.51. The van der Waals surface area contributed by atoms with Crippen LogP contribution in [0, 0.1) is 11.3 Å². The Kier molecular flexibility index (Phi) is 2.86. The van der Waals surface area contributed by atoms with Crippen molar-refractivity contribution in [2.24, 2.45) is 0 Å². The van der Waals surface area contributed by atoms with Gasteiger partial charge in [0.25, 0.3) is 0 Å². The summed E-state index contributed by atoms with van der Waals surface area (Å²) in [6.07, 6.45) is 1.90. The quantitative estimate of drug-likeness (QED) is 0.635. The second-order valence-corrected chi connectivity index (χ2v) is 2.88. The van der Waals surface area contributed by atoms with Gasteiger partial charge in [-0.1, -0.05) is 6.92 Å². The van der Waals surface area contributed by atoms with Crippen LogP contribution in [0.5, 0.6) is 0 Å². The molecule has 1 fully saturated rings. The van der Waals surface area contributed by atoms with Crippen molar-refractivity contribution < 1.29 is 4.74 Å². The largest absolute Gasteiger partial charge is 0.378 e. The SMILES string of the molecule is CCN[C@]1(C#N)CCCOC1. The molecule has 0 aromatic carbocycles. The molecule has 3 heteroatoms. The summed E-state index contributed by atoms with van der Waals surface area (Å²) >= 11 is 0. The molecule has 3 nitrogen and oxygen atoms in total. The molecule has 1 aliphatic rings. The molecule has 1 rings (SSSR count). The minimum atomic E-state index is -0.396. The molecule has 0 aromatic heterocycles. The van der Waals surface area contributed by atoms with Crippen LogP contribution in [0.4, 0.5) is 0 Å². The second kappa shape index (κ2) is 3.70. The summed E-state index contributed by atoms with van der Waals surface area (Å²) in [6, 6.07) is 2.28. The van der Waals surface area contributed by atoms with Crippen LogP contribution in [0.1, 0.15) is 19.8 Å². The highest BCUT2D eigenvalue weighted by molar-refractivity contribution is 5.08. The summed E-state index contributed by atoms with van der Waals surface area (Å²) in [5.41, 5.74) is -0.396. The van der Waals surface area contributed by atoms with E-state index in [9.17, 15) is 0 Å². The van der Waals surface area contributed by atoms with Crippen LogP contribution in [0.3, 0.4) is 0 Å². The van der Waals surface area contributed by atoms with Gasteiger partial charge in [0.15, 0.2) is 0 Å². The van der Waals surface area contributed by atoms with Crippen molar-refractivity contribution in [1.29, 1.82) is 5.26 Å². The monoisotopic (exact) mass is 154 g/mol. The van der Waals surface area contributed by atoms with Crippen molar-refractivity contribution in [3.05, 3.63) is 0 Å². The van der Waals surface area contributed by atoms with Crippen LogP contribution in [0.2, 0.25) is 0 Å². The maximum atomic E-state index is 8.88. The van der Waals surface area contributed by atoms with E-state index in [-0.39, 0.29) is 0 Å². The lowest BCUT2D eigenvalue weighted by molar-refractivity contribution is 0.0450. The third-order valence-corrected chi connectivity index (χ3v) is 1.97. The molecule has 1 aliphatic heterocycles. The number of likely N-dealkylation sites (N-methyl/N-ethyl adjacent to an activating group) is 1. The molecular weight excluding hydrogens is 140 g/mol. The van der Waals surface area contributed by atoms with Gasteiger partial charge in [0, 0.05) is 6.61 Å². The summed E-state index contributed by atoms with van der Waals surface area (Å²) in [5, 5.41) is 12.0. The van der Waals surface area contributed by atoms with Crippen LogP contribution in [-0.4, -0.2) is 25.3 Å². The Morgan fingerprint density at radius 1 is 1.73 bits per heavy atom. The molecule has 0 amide bonds. The van der Waals surface area contributed by atoms with Crippen LogP contribution >= 0.6 is 0 Å². The standard InChI is InChI=1S/C8H14N2O/c1-2-10-8(6-9)4-3-5-11-7-8/h10H,2-5,7H2,1H3/t8-/m0/s1. The molecule has 62 valence electrons. The lowest BCUT2D eigenvalue weighted by Gasteiger charge is -2.30. The van der Waals surface area contributed by atoms with E-state index in [4.69, 9.17) is 10.00 Å². The van der Waals surface area contributed by atoms with E-state index in [0.717, 1.165) is 26.0 Å². The molecule has 0 unspecified atom stereocenters. The maximum absolute atomic E-state index is 8.88. The van der Waals surface area contributed by atoms with Gasteiger partial charge < -0.3 is 4.74 Å². The average molecular weight is 154 g/mol. The van der Waals surface area contributed by atoms with Gasteiger partial charge in [-0.2, -0.15) is 5.26 Å². The Bertz CT molecular complexity index is 150. The predicted molar refractivity (Wildman–Crippen MR) is 42.1 cm³/mol. The highest BCUT2D eigenvalue weighted by Crippen LogP contribution is 2.17. The average Bonchev–Trinajstić information content (AvgIpc) is 2.07. The predicted octanol–water partition coefficient (Wildman–Crippen LogP) is 0.669. The molecular formula is C8H14N2O. The molecule has 1 N–H and O–H groups in total. The first-order valence-electron chi connectivity index (χ1n) is 4.07. The van der Waals surface area contributed by atoms with Crippen LogP contribution in [-0.2, 0) is 4.74 Å². The molecule has 0 aliphatic carbocycles. The fourth-order valence-corrected chi connectivity index (χ4v) is 1.40. The van der Waals surface area contributed by atoms with E-state index in [1.807, 2.05) is 6.92 Å². The van der Waals surface area contributed by atoms with Gasteiger partial charge >= 0.3 is 0 Å². The Morgan fingerprint density at radius 2 is 2.55 bits per heavy atom. The van der Waals surface area contributed by atoms with E-state index in [1.54, 1.807) is 0 Å². The Morgan fingerprint density at radius 3 is 3.00 bits per heavy atom. The number of rotatable bonds is 2. The van der Waals surface area contributed by atoms with Gasteiger partial charge in [-0.3, -0.25) is 5.32 Å². The molecule has 1 atom stereocenters. The Hall–Kier alpha value is -0.590.